The topological polar surface area (TPSA) is 46.5 Å². The summed E-state index contributed by atoms with van der Waals surface area (Å²) >= 11 is 0. The first-order valence-electron chi connectivity index (χ1n) is 5.62. The van der Waals surface area contributed by atoms with E-state index in [-0.39, 0.29) is 5.97 Å². The summed E-state index contributed by atoms with van der Waals surface area (Å²) in [5, 5.41) is 9.90. The summed E-state index contributed by atoms with van der Waals surface area (Å²) in [5.41, 5.74) is 3.54. The molecule has 2 rings (SSSR count). The van der Waals surface area contributed by atoms with Crippen molar-refractivity contribution in [1.82, 2.24) is 0 Å². The molecule has 1 aromatic rings. The third-order valence-corrected chi connectivity index (χ3v) is 3.09. The van der Waals surface area contributed by atoms with E-state index < -0.39 is 6.10 Å². The van der Waals surface area contributed by atoms with Gasteiger partial charge in [0.25, 0.3) is 0 Å². The smallest absolute Gasteiger partial charge is 0.338 e. The number of fused-ring (bicyclic) bond motifs is 1. The first-order chi connectivity index (χ1) is 7.65. The largest absolute Gasteiger partial charge is 0.462 e. The number of hydrogen-bond acceptors (Lipinski definition) is 3. The zero-order valence-electron chi connectivity index (χ0n) is 9.62. The highest BCUT2D eigenvalue weighted by Crippen LogP contribution is 2.35. The Morgan fingerprint density at radius 3 is 3.00 bits per heavy atom. The van der Waals surface area contributed by atoms with E-state index in [1.54, 1.807) is 13.0 Å². The molecule has 1 unspecified atom stereocenters. The zero-order valence-corrected chi connectivity index (χ0v) is 9.62. The van der Waals surface area contributed by atoms with Crippen LogP contribution in [0.3, 0.4) is 0 Å². The summed E-state index contributed by atoms with van der Waals surface area (Å²) in [4.78, 5) is 11.7. The number of aryl methyl sites for hydroxylation is 1. The van der Waals surface area contributed by atoms with Crippen LogP contribution in [0.1, 0.15) is 46.5 Å². The van der Waals surface area contributed by atoms with E-state index in [4.69, 9.17) is 4.74 Å². The fourth-order valence-corrected chi connectivity index (χ4v) is 2.30. The molecule has 1 aliphatic carbocycles. The molecule has 0 aliphatic heterocycles. The van der Waals surface area contributed by atoms with Crippen molar-refractivity contribution >= 4 is 5.97 Å². The van der Waals surface area contributed by atoms with Crippen LogP contribution in [0.5, 0.6) is 0 Å². The predicted octanol–water partition coefficient (Wildman–Crippen LogP) is 2.15. The second-order valence-corrected chi connectivity index (χ2v) is 4.10. The maximum atomic E-state index is 11.7. The number of aliphatic hydroxyl groups is 1. The molecule has 16 heavy (non-hydrogen) atoms. The number of esters is 1. The van der Waals surface area contributed by atoms with E-state index >= 15 is 0 Å². The Labute approximate surface area is 95.0 Å². The molecular weight excluding hydrogens is 204 g/mol. The van der Waals surface area contributed by atoms with Gasteiger partial charge in [-0.05, 0) is 49.4 Å². The van der Waals surface area contributed by atoms with Gasteiger partial charge in [0.1, 0.15) is 0 Å². The van der Waals surface area contributed by atoms with E-state index in [0.29, 0.717) is 18.6 Å². The fraction of sp³-hybridized carbons (Fsp3) is 0.462. The quantitative estimate of drug-likeness (QED) is 0.777. The van der Waals surface area contributed by atoms with Crippen LogP contribution in [0.25, 0.3) is 0 Å². The summed E-state index contributed by atoms with van der Waals surface area (Å²) in [7, 11) is 0. The van der Waals surface area contributed by atoms with Crippen molar-refractivity contribution in [3.8, 4) is 0 Å². The maximum Gasteiger partial charge on any atom is 0.338 e. The van der Waals surface area contributed by atoms with E-state index in [1.807, 2.05) is 13.0 Å². The molecule has 1 aliphatic rings. The summed E-state index contributed by atoms with van der Waals surface area (Å²) in [6.07, 6.45) is 1.02. The monoisotopic (exact) mass is 220 g/mol. The molecule has 0 bridgehead atoms. The molecule has 0 saturated carbocycles. The molecule has 1 N–H and O–H groups in total. The number of benzene rings is 1. The molecule has 0 amide bonds. The average molecular weight is 220 g/mol. The van der Waals surface area contributed by atoms with Crippen LogP contribution < -0.4 is 0 Å². The van der Waals surface area contributed by atoms with Crippen molar-refractivity contribution < 1.29 is 14.6 Å². The number of hydrogen-bond donors (Lipinski definition) is 1. The van der Waals surface area contributed by atoms with Crippen molar-refractivity contribution in [2.75, 3.05) is 6.61 Å². The lowest BCUT2D eigenvalue weighted by Gasteiger charge is -2.12. The van der Waals surface area contributed by atoms with Crippen LogP contribution in [0.2, 0.25) is 0 Å². The Morgan fingerprint density at radius 2 is 2.31 bits per heavy atom. The van der Waals surface area contributed by atoms with Crippen molar-refractivity contribution in [2.45, 2.75) is 32.8 Å². The van der Waals surface area contributed by atoms with Gasteiger partial charge in [-0.2, -0.15) is 0 Å². The van der Waals surface area contributed by atoms with E-state index in [1.165, 1.54) is 0 Å². The minimum absolute atomic E-state index is 0.334. The van der Waals surface area contributed by atoms with Gasteiger partial charge in [-0.25, -0.2) is 4.79 Å². The summed E-state index contributed by atoms with van der Waals surface area (Å²) < 4.78 is 4.99. The van der Waals surface area contributed by atoms with Crippen LogP contribution in [-0.4, -0.2) is 17.7 Å². The molecule has 1 aromatic carbocycles. The highest BCUT2D eigenvalue weighted by molar-refractivity contribution is 5.92. The Morgan fingerprint density at radius 1 is 1.56 bits per heavy atom. The maximum absolute atomic E-state index is 11.7. The van der Waals surface area contributed by atoms with Gasteiger partial charge in [-0.3, -0.25) is 0 Å². The lowest BCUT2D eigenvalue weighted by Crippen LogP contribution is -2.10. The van der Waals surface area contributed by atoms with Crippen molar-refractivity contribution in [2.24, 2.45) is 0 Å². The molecule has 1 atom stereocenters. The van der Waals surface area contributed by atoms with Gasteiger partial charge >= 0.3 is 5.97 Å². The Bertz CT molecular complexity index is 423. The molecule has 86 valence electrons. The van der Waals surface area contributed by atoms with Gasteiger partial charge < -0.3 is 9.84 Å². The fourth-order valence-electron chi connectivity index (χ4n) is 2.30. The Kier molecular flexibility index (Phi) is 2.97. The minimum Gasteiger partial charge on any atom is -0.462 e. The highest BCUT2D eigenvalue weighted by atomic mass is 16.5. The zero-order chi connectivity index (χ0) is 11.7. The van der Waals surface area contributed by atoms with Gasteiger partial charge in [0, 0.05) is 0 Å². The SMILES string of the molecule is CCOC(=O)c1ccc(C)c2c1C(O)CC2. The van der Waals surface area contributed by atoms with Crippen molar-refractivity contribution in [3.63, 3.8) is 0 Å². The first kappa shape index (κ1) is 11.1. The van der Waals surface area contributed by atoms with Crippen LogP contribution in [0, 0.1) is 6.92 Å². The van der Waals surface area contributed by atoms with Crippen molar-refractivity contribution in [3.05, 3.63) is 34.4 Å². The minimum atomic E-state index is -0.519. The normalized spacial score (nSPS) is 18.3. The molecule has 0 spiro atoms. The van der Waals surface area contributed by atoms with E-state index in [2.05, 4.69) is 0 Å². The molecule has 3 heteroatoms. The third-order valence-electron chi connectivity index (χ3n) is 3.09. The van der Waals surface area contributed by atoms with Crippen LogP contribution in [-0.2, 0) is 11.2 Å². The average Bonchev–Trinajstić information content (AvgIpc) is 2.63. The lowest BCUT2D eigenvalue weighted by molar-refractivity contribution is 0.0519. The lowest BCUT2D eigenvalue weighted by atomic mass is 9.98. The summed E-state index contributed by atoms with van der Waals surface area (Å²) in [6.45, 7) is 4.14. The van der Waals surface area contributed by atoms with Gasteiger partial charge in [-0.15, -0.1) is 0 Å². The molecule has 0 aromatic heterocycles. The molecule has 3 nitrogen and oxygen atoms in total. The van der Waals surface area contributed by atoms with E-state index in [0.717, 1.165) is 23.1 Å². The van der Waals surface area contributed by atoms with Crippen LogP contribution in [0.4, 0.5) is 0 Å². The third kappa shape index (κ3) is 1.71. The Hall–Kier alpha value is -1.35. The molecule has 0 heterocycles. The number of aliphatic hydroxyl groups excluding tert-OH is 1. The highest BCUT2D eigenvalue weighted by Gasteiger charge is 2.27. The molecule has 0 fully saturated rings. The second kappa shape index (κ2) is 4.26. The van der Waals surface area contributed by atoms with Gasteiger partial charge in [0.15, 0.2) is 0 Å². The number of ether oxygens (including phenoxy) is 1. The number of carbonyl (C=O) groups is 1. The van der Waals surface area contributed by atoms with E-state index in [9.17, 15) is 9.90 Å². The predicted molar refractivity (Wildman–Crippen MR) is 60.4 cm³/mol. The van der Waals surface area contributed by atoms with Crippen LogP contribution in [0.15, 0.2) is 12.1 Å². The first-order valence-corrected chi connectivity index (χ1v) is 5.62. The standard InChI is InChI=1S/C13H16O3/c1-3-16-13(15)10-5-4-8(2)9-6-7-11(14)12(9)10/h4-5,11,14H,3,6-7H2,1-2H3. The van der Waals surface area contributed by atoms with Crippen LogP contribution >= 0.6 is 0 Å². The van der Waals surface area contributed by atoms with Gasteiger partial charge in [-0.1, -0.05) is 6.07 Å². The summed E-state index contributed by atoms with van der Waals surface area (Å²) in [6, 6.07) is 3.67. The second-order valence-electron chi connectivity index (χ2n) is 4.10. The molecular formula is C13H16O3. The van der Waals surface area contributed by atoms with Crippen molar-refractivity contribution in [1.29, 1.82) is 0 Å². The Balaban J connectivity index is 2.48. The number of rotatable bonds is 2. The summed E-state index contributed by atoms with van der Waals surface area (Å²) in [5.74, 6) is -0.334. The van der Waals surface area contributed by atoms with Gasteiger partial charge in [0.2, 0.25) is 0 Å². The molecule has 0 radical (unpaired) electrons. The number of carbonyl (C=O) groups excluding carboxylic acids is 1. The molecule has 0 saturated heterocycles. The van der Waals surface area contributed by atoms with Gasteiger partial charge in [0.05, 0.1) is 18.3 Å².